The molecular formula is C10H9F2N3. The van der Waals surface area contributed by atoms with Gasteiger partial charge in [-0.25, -0.2) is 8.78 Å². The first-order valence-electron chi connectivity index (χ1n) is 4.37. The van der Waals surface area contributed by atoms with Crippen LogP contribution in [-0.2, 0) is 6.54 Å². The van der Waals surface area contributed by atoms with Crippen molar-refractivity contribution in [3.8, 4) is 0 Å². The highest BCUT2D eigenvalue weighted by Crippen LogP contribution is 2.11. The van der Waals surface area contributed by atoms with Crippen LogP contribution in [0.4, 0.5) is 14.5 Å². The van der Waals surface area contributed by atoms with Crippen LogP contribution in [0.25, 0.3) is 0 Å². The number of nitrogens with zero attached hydrogens (tertiary/aromatic N) is 2. The van der Waals surface area contributed by atoms with Crippen molar-refractivity contribution in [1.29, 1.82) is 0 Å². The molecule has 0 aliphatic rings. The van der Waals surface area contributed by atoms with Crippen molar-refractivity contribution in [1.82, 2.24) is 9.78 Å². The van der Waals surface area contributed by atoms with Gasteiger partial charge in [0.2, 0.25) is 0 Å². The molecule has 78 valence electrons. The molecule has 0 fully saturated rings. The largest absolute Gasteiger partial charge is 0.396 e. The minimum absolute atomic E-state index is 0.167. The molecule has 0 amide bonds. The van der Waals surface area contributed by atoms with E-state index in [4.69, 9.17) is 5.73 Å². The van der Waals surface area contributed by atoms with Crippen molar-refractivity contribution in [2.24, 2.45) is 0 Å². The Kier molecular flexibility index (Phi) is 2.37. The zero-order valence-corrected chi connectivity index (χ0v) is 7.82. The van der Waals surface area contributed by atoms with Crippen molar-refractivity contribution < 1.29 is 8.78 Å². The maximum absolute atomic E-state index is 13.2. The summed E-state index contributed by atoms with van der Waals surface area (Å²) in [5, 5.41) is 3.88. The summed E-state index contributed by atoms with van der Waals surface area (Å²) >= 11 is 0. The van der Waals surface area contributed by atoms with Crippen molar-refractivity contribution in [2.45, 2.75) is 6.54 Å². The van der Waals surface area contributed by atoms with Gasteiger partial charge in [-0.1, -0.05) is 0 Å². The Balaban J connectivity index is 2.27. The highest BCUT2D eigenvalue weighted by Gasteiger charge is 2.05. The predicted molar refractivity (Wildman–Crippen MR) is 52.1 cm³/mol. The lowest BCUT2D eigenvalue weighted by Gasteiger charge is -2.03. The van der Waals surface area contributed by atoms with E-state index in [2.05, 4.69) is 5.10 Å². The normalized spacial score (nSPS) is 10.5. The molecule has 0 saturated carbocycles. The Morgan fingerprint density at radius 2 is 2.13 bits per heavy atom. The number of hydrogen-bond acceptors (Lipinski definition) is 2. The Bertz CT molecular complexity index is 479. The van der Waals surface area contributed by atoms with Gasteiger partial charge in [0.15, 0.2) is 0 Å². The van der Waals surface area contributed by atoms with E-state index in [0.29, 0.717) is 5.69 Å². The van der Waals surface area contributed by atoms with E-state index in [1.54, 1.807) is 6.20 Å². The minimum Gasteiger partial charge on any atom is -0.396 e. The summed E-state index contributed by atoms with van der Waals surface area (Å²) in [6.45, 7) is 0.167. The van der Waals surface area contributed by atoms with Crippen LogP contribution in [0.15, 0.2) is 30.6 Å². The highest BCUT2D eigenvalue weighted by atomic mass is 19.1. The summed E-state index contributed by atoms with van der Waals surface area (Å²) in [6.07, 6.45) is 3.02. The van der Waals surface area contributed by atoms with Crippen LogP contribution in [0.3, 0.4) is 0 Å². The summed E-state index contributed by atoms with van der Waals surface area (Å²) < 4.78 is 27.5. The lowest BCUT2D eigenvalue weighted by Crippen LogP contribution is -2.02. The van der Waals surface area contributed by atoms with Crippen LogP contribution < -0.4 is 5.73 Å². The Morgan fingerprint density at radius 3 is 2.80 bits per heavy atom. The molecule has 3 nitrogen and oxygen atoms in total. The van der Waals surface area contributed by atoms with Gasteiger partial charge in [0.1, 0.15) is 11.6 Å². The predicted octanol–water partition coefficient (Wildman–Crippen LogP) is 1.79. The second-order valence-corrected chi connectivity index (χ2v) is 3.21. The van der Waals surface area contributed by atoms with E-state index in [1.165, 1.54) is 10.9 Å². The average molecular weight is 209 g/mol. The number of nitrogen functional groups attached to an aromatic ring is 1. The van der Waals surface area contributed by atoms with Crippen molar-refractivity contribution in [3.63, 3.8) is 0 Å². The third-order valence-electron chi connectivity index (χ3n) is 1.99. The van der Waals surface area contributed by atoms with E-state index in [-0.39, 0.29) is 12.1 Å². The second-order valence-electron chi connectivity index (χ2n) is 3.21. The molecule has 1 aromatic carbocycles. The fraction of sp³-hybridized carbons (Fsp3) is 0.100. The van der Waals surface area contributed by atoms with Gasteiger partial charge in [-0.15, -0.1) is 0 Å². The lowest BCUT2D eigenvalue weighted by atomic mass is 10.2. The monoisotopic (exact) mass is 209 g/mol. The van der Waals surface area contributed by atoms with E-state index in [0.717, 1.165) is 18.2 Å². The Hall–Kier alpha value is -1.91. The maximum atomic E-state index is 13.2. The van der Waals surface area contributed by atoms with E-state index < -0.39 is 11.6 Å². The van der Waals surface area contributed by atoms with Gasteiger partial charge >= 0.3 is 0 Å². The van der Waals surface area contributed by atoms with Gasteiger partial charge in [0.05, 0.1) is 18.4 Å². The fourth-order valence-electron chi connectivity index (χ4n) is 1.31. The summed E-state index contributed by atoms with van der Waals surface area (Å²) in [6, 6.07) is 3.32. The fourth-order valence-corrected chi connectivity index (χ4v) is 1.31. The number of rotatable bonds is 2. The lowest BCUT2D eigenvalue weighted by molar-refractivity contribution is 0.566. The molecule has 0 radical (unpaired) electrons. The van der Waals surface area contributed by atoms with Crippen molar-refractivity contribution >= 4 is 5.69 Å². The average Bonchev–Trinajstić information content (AvgIpc) is 2.58. The maximum Gasteiger partial charge on any atom is 0.128 e. The highest BCUT2D eigenvalue weighted by molar-refractivity contribution is 5.31. The van der Waals surface area contributed by atoms with Crippen LogP contribution in [-0.4, -0.2) is 9.78 Å². The van der Waals surface area contributed by atoms with E-state index in [9.17, 15) is 8.78 Å². The second kappa shape index (κ2) is 3.68. The SMILES string of the molecule is Nc1cnn(Cc2cc(F)ccc2F)c1. The standard InChI is InChI=1S/C10H9F2N3/c11-8-1-2-10(12)7(3-8)5-15-6-9(13)4-14-15/h1-4,6H,5,13H2. The number of aromatic nitrogens is 2. The molecule has 1 heterocycles. The number of anilines is 1. The number of halogens is 2. The van der Waals surface area contributed by atoms with Crippen molar-refractivity contribution in [3.05, 3.63) is 47.8 Å². The smallest absolute Gasteiger partial charge is 0.128 e. The number of hydrogen-bond donors (Lipinski definition) is 1. The van der Waals surface area contributed by atoms with Gasteiger partial charge in [0.25, 0.3) is 0 Å². The van der Waals surface area contributed by atoms with E-state index >= 15 is 0 Å². The Morgan fingerprint density at radius 1 is 1.33 bits per heavy atom. The molecule has 0 aliphatic carbocycles. The minimum atomic E-state index is -0.466. The van der Waals surface area contributed by atoms with Gasteiger partial charge in [-0.2, -0.15) is 5.10 Å². The molecule has 1 aromatic heterocycles. The molecule has 0 aliphatic heterocycles. The molecule has 2 N–H and O–H groups in total. The number of nitrogens with two attached hydrogens (primary N) is 1. The molecule has 5 heteroatoms. The zero-order chi connectivity index (χ0) is 10.8. The molecular weight excluding hydrogens is 200 g/mol. The molecule has 2 aromatic rings. The van der Waals surface area contributed by atoms with E-state index in [1.807, 2.05) is 0 Å². The molecule has 15 heavy (non-hydrogen) atoms. The summed E-state index contributed by atoms with van der Waals surface area (Å²) in [5.41, 5.74) is 6.19. The van der Waals surface area contributed by atoms with Crippen LogP contribution in [0, 0.1) is 11.6 Å². The summed E-state index contributed by atoms with van der Waals surface area (Å²) in [4.78, 5) is 0. The first-order valence-corrected chi connectivity index (χ1v) is 4.37. The van der Waals surface area contributed by atoms with Gasteiger partial charge in [-0.3, -0.25) is 4.68 Å². The zero-order valence-electron chi connectivity index (χ0n) is 7.82. The van der Waals surface area contributed by atoms with Gasteiger partial charge < -0.3 is 5.73 Å². The van der Waals surface area contributed by atoms with Gasteiger partial charge in [0, 0.05) is 11.8 Å². The molecule has 0 spiro atoms. The third-order valence-corrected chi connectivity index (χ3v) is 1.99. The van der Waals surface area contributed by atoms with Crippen LogP contribution in [0.5, 0.6) is 0 Å². The number of benzene rings is 1. The topological polar surface area (TPSA) is 43.8 Å². The summed E-state index contributed by atoms with van der Waals surface area (Å²) in [5.74, 6) is -0.919. The van der Waals surface area contributed by atoms with Crippen LogP contribution in [0.1, 0.15) is 5.56 Å². The van der Waals surface area contributed by atoms with Crippen molar-refractivity contribution in [2.75, 3.05) is 5.73 Å². The Labute approximate surface area is 85.1 Å². The first-order chi connectivity index (χ1) is 7.15. The quantitative estimate of drug-likeness (QED) is 0.819. The molecule has 2 rings (SSSR count). The van der Waals surface area contributed by atoms with Crippen LogP contribution in [0.2, 0.25) is 0 Å². The molecule has 0 atom stereocenters. The van der Waals surface area contributed by atoms with Crippen LogP contribution >= 0.6 is 0 Å². The molecule has 0 bridgehead atoms. The molecule has 0 saturated heterocycles. The molecule has 0 unspecified atom stereocenters. The third kappa shape index (κ3) is 2.12. The van der Waals surface area contributed by atoms with Gasteiger partial charge in [-0.05, 0) is 18.2 Å². The summed E-state index contributed by atoms with van der Waals surface area (Å²) in [7, 11) is 0. The first kappa shape index (κ1) is 9.64.